The molecule has 0 amide bonds. The Bertz CT molecular complexity index is 1590. The topological polar surface area (TPSA) is 94.2 Å². The summed E-state index contributed by atoms with van der Waals surface area (Å²) >= 11 is 0. The van der Waals surface area contributed by atoms with Gasteiger partial charge in [-0.1, -0.05) is 18.2 Å². The highest BCUT2D eigenvalue weighted by Gasteiger charge is 2.18. The van der Waals surface area contributed by atoms with Crippen LogP contribution in [-0.2, 0) is 6.54 Å². The van der Waals surface area contributed by atoms with Gasteiger partial charge in [-0.15, -0.1) is 0 Å². The molecule has 0 bridgehead atoms. The highest BCUT2D eigenvalue weighted by Crippen LogP contribution is 2.18. The van der Waals surface area contributed by atoms with E-state index >= 15 is 0 Å². The maximum Gasteiger partial charge on any atom is 0.359 e. The van der Waals surface area contributed by atoms with Gasteiger partial charge in [-0.2, -0.15) is 4.98 Å². The lowest BCUT2D eigenvalue weighted by molar-refractivity contribution is 0.614. The Labute approximate surface area is 214 Å². The van der Waals surface area contributed by atoms with Crippen molar-refractivity contribution in [2.24, 2.45) is 4.99 Å². The Hall–Kier alpha value is -4.40. The molecule has 0 saturated carbocycles. The van der Waals surface area contributed by atoms with E-state index in [0.717, 1.165) is 21.4 Å². The van der Waals surface area contributed by atoms with Crippen LogP contribution in [0.4, 0.5) is 10.3 Å². The third-order valence-electron chi connectivity index (χ3n) is 5.74. The van der Waals surface area contributed by atoms with E-state index in [-0.39, 0.29) is 24.4 Å². The minimum Gasteiger partial charge on any atom is -0.325 e. The highest BCUT2D eigenvalue weighted by molar-refractivity contribution is 6.12. The second kappa shape index (κ2) is 10.7. The van der Waals surface area contributed by atoms with Crippen LogP contribution >= 0.6 is 0 Å². The van der Waals surface area contributed by atoms with E-state index in [1.807, 2.05) is 52.0 Å². The van der Waals surface area contributed by atoms with Crippen molar-refractivity contribution < 1.29 is 4.39 Å². The summed E-state index contributed by atoms with van der Waals surface area (Å²) in [5.41, 5.74) is 3.32. The summed E-state index contributed by atoms with van der Waals surface area (Å²) in [6.45, 7) is 9.48. The van der Waals surface area contributed by atoms with E-state index in [2.05, 4.69) is 20.3 Å². The number of hydrogen-bond donors (Lipinski definition) is 1. The van der Waals surface area contributed by atoms with Gasteiger partial charge in [0, 0.05) is 17.9 Å². The first-order valence-corrected chi connectivity index (χ1v) is 12.0. The molecule has 2 aromatic heterocycles. The molecule has 2 heterocycles. The third-order valence-corrected chi connectivity index (χ3v) is 5.74. The lowest BCUT2D eigenvalue weighted by atomic mass is 10.0. The molecule has 0 atom stereocenters. The first-order chi connectivity index (χ1) is 17.7. The molecule has 0 unspecified atom stereocenters. The van der Waals surface area contributed by atoms with E-state index < -0.39 is 11.4 Å². The Kier molecular flexibility index (Phi) is 7.42. The Morgan fingerprint density at radius 3 is 2.59 bits per heavy atom. The van der Waals surface area contributed by atoms with E-state index in [1.54, 1.807) is 31.3 Å². The highest BCUT2D eigenvalue weighted by atomic mass is 19.1. The van der Waals surface area contributed by atoms with Gasteiger partial charge in [0.05, 0.1) is 24.1 Å². The van der Waals surface area contributed by atoms with Crippen molar-refractivity contribution in [3.8, 4) is 5.69 Å². The van der Waals surface area contributed by atoms with Crippen LogP contribution in [0.15, 0.2) is 86.8 Å². The third kappa shape index (κ3) is 5.72. The molecule has 4 rings (SSSR count). The van der Waals surface area contributed by atoms with Crippen molar-refractivity contribution in [2.45, 2.75) is 47.2 Å². The van der Waals surface area contributed by atoms with Crippen molar-refractivity contribution in [1.29, 1.82) is 0 Å². The summed E-state index contributed by atoms with van der Waals surface area (Å²) in [6.07, 6.45) is 10.6. The van der Waals surface area contributed by atoms with Gasteiger partial charge in [-0.25, -0.2) is 18.5 Å². The Balaban J connectivity index is 1.83. The van der Waals surface area contributed by atoms with E-state index in [0.29, 0.717) is 22.5 Å². The summed E-state index contributed by atoms with van der Waals surface area (Å²) in [4.78, 5) is 39.7. The molecule has 8 nitrogen and oxygen atoms in total. The zero-order valence-electron chi connectivity index (χ0n) is 21.5. The van der Waals surface area contributed by atoms with E-state index in [9.17, 15) is 14.0 Å². The summed E-state index contributed by atoms with van der Waals surface area (Å²) in [5.74, 6) is -0.261. The van der Waals surface area contributed by atoms with Gasteiger partial charge < -0.3 is 5.32 Å². The number of aromatic nitrogens is 4. The van der Waals surface area contributed by atoms with Gasteiger partial charge in [0.1, 0.15) is 5.82 Å². The van der Waals surface area contributed by atoms with Crippen LogP contribution in [-0.4, -0.2) is 30.9 Å². The van der Waals surface area contributed by atoms with Gasteiger partial charge in [-0.3, -0.25) is 14.5 Å². The Morgan fingerprint density at radius 2 is 1.92 bits per heavy atom. The average molecular weight is 501 g/mol. The molecular weight excluding hydrogens is 471 g/mol. The van der Waals surface area contributed by atoms with Crippen molar-refractivity contribution >= 4 is 11.7 Å². The molecule has 1 N–H and O–H groups in total. The molecule has 0 saturated heterocycles. The van der Waals surface area contributed by atoms with E-state index in [1.165, 1.54) is 16.8 Å². The predicted octanol–water partition coefficient (Wildman–Crippen LogP) is 4.25. The molecule has 0 spiro atoms. The molecule has 1 aliphatic rings. The molecule has 0 radical (unpaired) electrons. The number of aryl methyl sites for hydroxylation is 2. The fraction of sp³-hybridized carbons (Fsp3) is 0.250. The number of rotatable bonds is 6. The number of nitrogens with zero attached hydrogens (tertiary/aromatic N) is 5. The standard InChI is InChI=1S/C28H29FN6O2/c1-6-21-13-22(8-10-25(21)31-17(2)3)32-26-33-27(36)35(23-11-18(4)14-30-15-23)28(37)34(26)16-20-7-9-24(29)19(5)12-20/h6-15,17H,16H2,1-5H3,(H,32,33,36)/b21-6-,31-25-. The van der Waals surface area contributed by atoms with Crippen LogP contribution in [0, 0.1) is 19.7 Å². The zero-order chi connectivity index (χ0) is 26.7. The summed E-state index contributed by atoms with van der Waals surface area (Å²) in [5, 5.41) is 3.13. The van der Waals surface area contributed by atoms with Gasteiger partial charge >= 0.3 is 11.4 Å². The minimum absolute atomic E-state index is 0.0718. The SMILES string of the molecule is C/C=C1/C=C(Nc2nc(=O)n(-c3cncc(C)c3)c(=O)n2Cc2ccc(F)c(C)c2)C=C/C1=N/C(C)C. The largest absolute Gasteiger partial charge is 0.359 e. The van der Waals surface area contributed by atoms with Crippen LogP contribution in [0.5, 0.6) is 0 Å². The number of hydrogen-bond acceptors (Lipinski definition) is 6. The van der Waals surface area contributed by atoms with Gasteiger partial charge in [0.2, 0.25) is 5.95 Å². The van der Waals surface area contributed by atoms with Crippen LogP contribution in [0.3, 0.4) is 0 Å². The monoisotopic (exact) mass is 500 g/mol. The molecule has 1 aromatic carbocycles. The second-order valence-electron chi connectivity index (χ2n) is 9.14. The van der Waals surface area contributed by atoms with Gasteiger partial charge in [-0.05, 0) is 87.2 Å². The fourth-order valence-corrected chi connectivity index (χ4v) is 3.99. The van der Waals surface area contributed by atoms with Crippen molar-refractivity contribution in [1.82, 2.24) is 19.1 Å². The number of anilines is 1. The summed E-state index contributed by atoms with van der Waals surface area (Å²) < 4.78 is 16.2. The number of benzene rings is 1. The first-order valence-electron chi connectivity index (χ1n) is 12.0. The number of pyridine rings is 1. The molecule has 0 fully saturated rings. The van der Waals surface area contributed by atoms with Crippen LogP contribution in [0.2, 0.25) is 0 Å². The van der Waals surface area contributed by atoms with Crippen LogP contribution in [0.1, 0.15) is 37.5 Å². The fourth-order valence-electron chi connectivity index (χ4n) is 3.99. The lowest BCUT2D eigenvalue weighted by Crippen LogP contribution is -2.42. The quantitative estimate of drug-likeness (QED) is 0.546. The minimum atomic E-state index is -0.736. The van der Waals surface area contributed by atoms with Crippen molar-refractivity contribution in [3.05, 3.63) is 116 Å². The molecule has 190 valence electrons. The Morgan fingerprint density at radius 1 is 1.14 bits per heavy atom. The maximum absolute atomic E-state index is 13.9. The van der Waals surface area contributed by atoms with Gasteiger partial charge in [0.25, 0.3) is 0 Å². The molecule has 1 aliphatic carbocycles. The maximum atomic E-state index is 13.9. The first kappa shape index (κ1) is 25.7. The molecule has 9 heteroatoms. The molecular formula is C28H29FN6O2. The smallest absolute Gasteiger partial charge is 0.325 e. The average Bonchev–Trinajstić information content (AvgIpc) is 2.84. The number of allylic oxidation sites excluding steroid dienone is 5. The van der Waals surface area contributed by atoms with Gasteiger partial charge in [0.15, 0.2) is 0 Å². The number of aliphatic imine (C=N–C) groups is 1. The van der Waals surface area contributed by atoms with Crippen LogP contribution in [0.25, 0.3) is 5.69 Å². The summed E-state index contributed by atoms with van der Waals surface area (Å²) in [6, 6.07) is 6.46. The van der Waals surface area contributed by atoms with Crippen molar-refractivity contribution in [2.75, 3.05) is 5.32 Å². The number of halogens is 1. The molecule has 3 aromatic rings. The van der Waals surface area contributed by atoms with Crippen LogP contribution < -0.4 is 16.7 Å². The molecule has 0 aliphatic heterocycles. The predicted molar refractivity (Wildman–Crippen MR) is 144 cm³/mol. The molecule has 37 heavy (non-hydrogen) atoms. The summed E-state index contributed by atoms with van der Waals surface area (Å²) in [7, 11) is 0. The normalized spacial score (nSPS) is 15.5. The van der Waals surface area contributed by atoms with Crippen molar-refractivity contribution in [3.63, 3.8) is 0 Å². The number of nitrogens with one attached hydrogen (secondary N) is 1. The van der Waals surface area contributed by atoms with E-state index in [4.69, 9.17) is 0 Å². The lowest BCUT2D eigenvalue weighted by Gasteiger charge is -2.18. The zero-order valence-corrected chi connectivity index (χ0v) is 21.5. The second-order valence-corrected chi connectivity index (χ2v) is 9.14.